The molecule has 1 atom stereocenters. The van der Waals surface area contributed by atoms with E-state index in [4.69, 9.17) is 4.74 Å². The smallest absolute Gasteiger partial charge is 0.312 e. The topological polar surface area (TPSA) is 9.23 Å². The molecule has 0 amide bonds. The van der Waals surface area contributed by atoms with E-state index in [0.717, 1.165) is 23.5 Å². The maximum atomic E-state index is 13.1. The van der Waals surface area contributed by atoms with E-state index < -0.39 is 12.2 Å². The third-order valence-corrected chi connectivity index (χ3v) is 6.57. The van der Waals surface area contributed by atoms with E-state index in [-0.39, 0.29) is 0 Å². The summed E-state index contributed by atoms with van der Waals surface area (Å²) in [5, 5.41) is 0. The number of rotatable bonds is 9. The summed E-state index contributed by atoms with van der Waals surface area (Å²) in [7, 11) is 0. The Balaban J connectivity index is 1.55. The molecule has 1 aromatic rings. The number of alkyl halides is 2. The van der Waals surface area contributed by atoms with E-state index in [9.17, 15) is 8.78 Å². The lowest BCUT2D eigenvalue weighted by Crippen LogP contribution is -2.34. The maximum absolute atomic E-state index is 13.1. The first-order valence-electron chi connectivity index (χ1n) is 11.0. The summed E-state index contributed by atoms with van der Waals surface area (Å²) in [6, 6.07) is 10.1. The van der Waals surface area contributed by atoms with Gasteiger partial charge in [-0.1, -0.05) is 100 Å². The van der Waals surface area contributed by atoms with Gasteiger partial charge in [0.1, 0.15) is 0 Å². The lowest BCUT2D eigenvalue weighted by molar-refractivity contribution is -0.194. The molecule has 154 valence electrons. The summed E-state index contributed by atoms with van der Waals surface area (Å²) < 4.78 is 31.4. The molecule has 1 unspecified atom stereocenters. The molecule has 0 heterocycles. The molecular formula is C25H34F2O. The Bertz CT molecular complexity index is 644. The van der Waals surface area contributed by atoms with Crippen molar-refractivity contribution in [2.45, 2.75) is 83.3 Å². The van der Waals surface area contributed by atoms with Gasteiger partial charge in [-0.15, -0.1) is 0 Å². The van der Waals surface area contributed by atoms with Gasteiger partial charge in [-0.2, -0.15) is 8.78 Å². The standard InChI is InChI=1S/C25H34F2O/c1-2-3-7-20-10-12-21(13-11-20)14-17-25(28-24(26)27)18-15-23(16-19-25)22-8-5-4-6-9-22/h4-6,8-9,15-16,18,20-21,24H,2-3,7,10-14,17,19H2,1H3. The summed E-state index contributed by atoms with van der Waals surface area (Å²) in [5.74, 6) is 1.54. The Kier molecular flexibility index (Phi) is 7.84. The maximum Gasteiger partial charge on any atom is 0.346 e. The largest absolute Gasteiger partial charge is 0.346 e. The molecular weight excluding hydrogens is 354 g/mol. The average Bonchev–Trinajstić information content (AvgIpc) is 2.72. The Labute approximate surface area is 168 Å². The first-order valence-corrected chi connectivity index (χ1v) is 11.0. The summed E-state index contributed by atoms with van der Waals surface area (Å²) in [4.78, 5) is 0. The SMILES string of the molecule is CCCCC1CCC(CCC2(OC(F)F)C=CC(c3ccccc3)=CC2)CC1. The second-order valence-corrected chi connectivity index (χ2v) is 8.57. The molecule has 0 saturated heterocycles. The van der Waals surface area contributed by atoms with Gasteiger partial charge < -0.3 is 4.74 Å². The van der Waals surface area contributed by atoms with Crippen LogP contribution < -0.4 is 0 Å². The van der Waals surface area contributed by atoms with Gasteiger partial charge in [0, 0.05) is 0 Å². The van der Waals surface area contributed by atoms with Crippen molar-refractivity contribution >= 4 is 5.57 Å². The summed E-state index contributed by atoms with van der Waals surface area (Å²) in [6.45, 7) is -0.482. The highest BCUT2D eigenvalue weighted by Gasteiger charge is 2.34. The summed E-state index contributed by atoms with van der Waals surface area (Å²) >= 11 is 0. The second kappa shape index (κ2) is 10.3. The third-order valence-electron chi connectivity index (χ3n) is 6.57. The number of halogens is 2. The van der Waals surface area contributed by atoms with Crippen LogP contribution in [0.25, 0.3) is 5.57 Å². The van der Waals surface area contributed by atoms with Crippen molar-refractivity contribution < 1.29 is 13.5 Å². The number of benzene rings is 1. The molecule has 1 aromatic carbocycles. The van der Waals surface area contributed by atoms with Crippen LogP contribution in [-0.2, 0) is 4.74 Å². The van der Waals surface area contributed by atoms with E-state index in [1.54, 1.807) is 0 Å². The van der Waals surface area contributed by atoms with Crippen LogP contribution in [-0.4, -0.2) is 12.2 Å². The van der Waals surface area contributed by atoms with Crippen molar-refractivity contribution in [3.63, 3.8) is 0 Å². The fourth-order valence-electron chi connectivity index (χ4n) is 4.76. The van der Waals surface area contributed by atoms with Crippen LogP contribution in [0.2, 0.25) is 0 Å². The summed E-state index contributed by atoms with van der Waals surface area (Å²) in [6.07, 6.45) is 17.1. The molecule has 0 aromatic heterocycles. The minimum absolute atomic E-state index is 0.518. The van der Waals surface area contributed by atoms with Crippen molar-refractivity contribution in [1.29, 1.82) is 0 Å². The van der Waals surface area contributed by atoms with E-state index in [0.29, 0.717) is 18.8 Å². The Morgan fingerprint density at radius 1 is 1.04 bits per heavy atom. The fraction of sp³-hybridized carbons (Fsp3) is 0.600. The third kappa shape index (κ3) is 6.01. The fourth-order valence-corrected chi connectivity index (χ4v) is 4.76. The highest BCUT2D eigenvalue weighted by atomic mass is 19.3. The molecule has 2 aliphatic rings. The predicted molar refractivity (Wildman–Crippen MR) is 112 cm³/mol. The van der Waals surface area contributed by atoms with Crippen molar-refractivity contribution in [2.75, 3.05) is 0 Å². The molecule has 0 bridgehead atoms. The van der Waals surface area contributed by atoms with Crippen LogP contribution in [0.4, 0.5) is 8.78 Å². The number of ether oxygens (including phenoxy) is 1. The van der Waals surface area contributed by atoms with Gasteiger partial charge in [0.05, 0.1) is 5.60 Å². The van der Waals surface area contributed by atoms with Crippen LogP contribution in [0.1, 0.15) is 76.7 Å². The van der Waals surface area contributed by atoms with Crippen molar-refractivity contribution in [3.05, 3.63) is 54.1 Å². The van der Waals surface area contributed by atoms with Gasteiger partial charge >= 0.3 is 6.61 Å². The Morgan fingerprint density at radius 2 is 1.71 bits per heavy atom. The normalized spacial score (nSPS) is 27.8. The van der Waals surface area contributed by atoms with Gasteiger partial charge in [-0.05, 0) is 42.2 Å². The number of hydrogen-bond donors (Lipinski definition) is 0. The molecule has 1 nitrogen and oxygen atoms in total. The molecule has 3 heteroatoms. The van der Waals surface area contributed by atoms with E-state index in [1.807, 2.05) is 42.5 Å². The van der Waals surface area contributed by atoms with E-state index in [2.05, 4.69) is 13.0 Å². The second-order valence-electron chi connectivity index (χ2n) is 8.57. The van der Waals surface area contributed by atoms with Crippen LogP contribution in [0.15, 0.2) is 48.6 Å². The minimum atomic E-state index is -2.74. The van der Waals surface area contributed by atoms with Crippen LogP contribution in [0.5, 0.6) is 0 Å². The van der Waals surface area contributed by atoms with Crippen molar-refractivity contribution in [1.82, 2.24) is 0 Å². The molecule has 0 spiro atoms. The van der Waals surface area contributed by atoms with Crippen molar-refractivity contribution in [2.24, 2.45) is 11.8 Å². The number of hydrogen-bond acceptors (Lipinski definition) is 1. The molecule has 3 rings (SSSR count). The molecule has 0 aliphatic heterocycles. The Hall–Kier alpha value is -1.48. The van der Waals surface area contributed by atoms with Gasteiger partial charge in [0.2, 0.25) is 0 Å². The van der Waals surface area contributed by atoms with Gasteiger partial charge in [0.25, 0.3) is 0 Å². The molecule has 0 radical (unpaired) electrons. The lowest BCUT2D eigenvalue weighted by atomic mass is 9.76. The number of allylic oxidation sites excluding steroid dienone is 2. The van der Waals surface area contributed by atoms with E-state index >= 15 is 0 Å². The van der Waals surface area contributed by atoms with Gasteiger partial charge in [-0.25, -0.2) is 0 Å². The summed E-state index contributed by atoms with van der Waals surface area (Å²) in [5.41, 5.74) is 1.35. The molecule has 2 aliphatic carbocycles. The Morgan fingerprint density at radius 3 is 2.29 bits per heavy atom. The molecule has 0 N–H and O–H groups in total. The first-order chi connectivity index (χ1) is 13.6. The highest BCUT2D eigenvalue weighted by molar-refractivity contribution is 5.75. The van der Waals surface area contributed by atoms with Crippen LogP contribution in [0, 0.1) is 11.8 Å². The molecule has 28 heavy (non-hydrogen) atoms. The van der Waals surface area contributed by atoms with E-state index in [1.165, 1.54) is 44.9 Å². The zero-order chi connectivity index (χ0) is 19.8. The predicted octanol–water partition coefficient (Wildman–Crippen LogP) is 7.78. The van der Waals surface area contributed by atoms with Gasteiger partial charge in [0.15, 0.2) is 0 Å². The van der Waals surface area contributed by atoms with Crippen LogP contribution in [0.3, 0.4) is 0 Å². The lowest BCUT2D eigenvalue weighted by Gasteiger charge is -2.35. The quantitative estimate of drug-likeness (QED) is 0.419. The zero-order valence-corrected chi connectivity index (χ0v) is 17.1. The molecule has 1 saturated carbocycles. The van der Waals surface area contributed by atoms with Crippen molar-refractivity contribution in [3.8, 4) is 0 Å². The van der Waals surface area contributed by atoms with Gasteiger partial charge in [-0.3, -0.25) is 0 Å². The molecule has 1 fully saturated rings. The monoisotopic (exact) mass is 388 g/mol. The highest BCUT2D eigenvalue weighted by Crippen LogP contribution is 2.39. The first kappa shape index (κ1) is 21.2. The minimum Gasteiger partial charge on any atom is -0.312 e. The zero-order valence-electron chi connectivity index (χ0n) is 17.1. The average molecular weight is 389 g/mol. The van der Waals surface area contributed by atoms with Crippen LogP contribution >= 0.6 is 0 Å². The number of unbranched alkanes of at least 4 members (excludes halogenated alkanes) is 1.